The van der Waals surface area contributed by atoms with Crippen LogP contribution in [0.3, 0.4) is 0 Å². The molecule has 0 aliphatic rings. The summed E-state index contributed by atoms with van der Waals surface area (Å²) in [7, 11) is 0. The molecule has 0 heterocycles. The van der Waals surface area contributed by atoms with E-state index >= 15 is 0 Å². The number of rotatable bonds is 4. The highest BCUT2D eigenvalue weighted by Gasteiger charge is 2.14. The van der Waals surface area contributed by atoms with Crippen molar-refractivity contribution in [3.63, 3.8) is 0 Å². The molecule has 90 valence electrons. The summed E-state index contributed by atoms with van der Waals surface area (Å²) in [6.45, 7) is 11.3. The fourth-order valence-corrected chi connectivity index (χ4v) is 1.46. The van der Waals surface area contributed by atoms with Crippen molar-refractivity contribution in [2.24, 2.45) is 0 Å². The summed E-state index contributed by atoms with van der Waals surface area (Å²) in [5.41, 5.74) is 3.45. The molecule has 16 heavy (non-hydrogen) atoms. The average Bonchev–Trinajstić information content (AvgIpc) is 2.22. The van der Waals surface area contributed by atoms with Gasteiger partial charge in [-0.3, -0.25) is 0 Å². The minimum atomic E-state index is 0.116. The quantitative estimate of drug-likeness (QED) is 0.817. The van der Waals surface area contributed by atoms with E-state index in [0.29, 0.717) is 12.3 Å². The van der Waals surface area contributed by atoms with E-state index in [0.717, 1.165) is 17.5 Å². The summed E-state index contributed by atoms with van der Waals surface area (Å²) in [4.78, 5) is 0. The molecular formula is C14H23NO. The van der Waals surface area contributed by atoms with Gasteiger partial charge in [0.2, 0.25) is 0 Å². The summed E-state index contributed by atoms with van der Waals surface area (Å²) in [6.07, 6.45) is 1.07. The molecule has 0 saturated heterocycles. The summed E-state index contributed by atoms with van der Waals surface area (Å²) in [5.74, 6) is 0.391. The zero-order valence-electron chi connectivity index (χ0n) is 11.0. The van der Waals surface area contributed by atoms with Crippen molar-refractivity contribution in [2.75, 3.05) is 0 Å². The van der Waals surface area contributed by atoms with E-state index in [4.69, 9.17) is 0 Å². The Morgan fingerprint density at radius 3 is 2.31 bits per heavy atom. The van der Waals surface area contributed by atoms with Gasteiger partial charge in [-0.2, -0.15) is 0 Å². The van der Waals surface area contributed by atoms with Crippen LogP contribution < -0.4 is 5.32 Å². The van der Waals surface area contributed by atoms with Crippen molar-refractivity contribution in [3.05, 3.63) is 28.8 Å². The van der Waals surface area contributed by atoms with Crippen LogP contribution >= 0.6 is 0 Å². The van der Waals surface area contributed by atoms with Crippen LogP contribution in [0.2, 0.25) is 0 Å². The van der Waals surface area contributed by atoms with Gasteiger partial charge in [0.1, 0.15) is 5.75 Å². The Bertz CT molecular complexity index is 369. The maximum atomic E-state index is 9.85. The lowest BCUT2D eigenvalue weighted by molar-refractivity contribution is 0.369. The molecule has 0 atom stereocenters. The van der Waals surface area contributed by atoms with Crippen molar-refractivity contribution in [3.8, 4) is 5.75 Å². The molecule has 0 aliphatic carbocycles. The first-order valence-corrected chi connectivity index (χ1v) is 5.90. The Balaban J connectivity index is 2.79. The lowest BCUT2D eigenvalue weighted by Crippen LogP contribution is -2.37. The monoisotopic (exact) mass is 221 g/mol. The van der Waals surface area contributed by atoms with Crippen molar-refractivity contribution >= 4 is 0 Å². The van der Waals surface area contributed by atoms with Crippen LogP contribution in [-0.2, 0) is 6.54 Å². The molecule has 1 rings (SSSR count). The normalized spacial score (nSPS) is 11.8. The standard InChI is InChI=1S/C14H23NO/c1-6-14(4,5)15-9-12-7-10(2)11(3)8-13(12)16/h7-8,15-16H,6,9H2,1-5H3. The van der Waals surface area contributed by atoms with E-state index in [1.807, 2.05) is 13.0 Å². The Hall–Kier alpha value is -1.02. The molecule has 2 heteroatoms. The fourth-order valence-electron chi connectivity index (χ4n) is 1.46. The van der Waals surface area contributed by atoms with Gasteiger partial charge in [-0.25, -0.2) is 0 Å². The molecule has 0 amide bonds. The molecule has 0 aromatic heterocycles. The maximum Gasteiger partial charge on any atom is 0.120 e. The zero-order valence-corrected chi connectivity index (χ0v) is 11.0. The van der Waals surface area contributed by atoms with Crippen molar-refractivity contribution < 1.29 is 5.11 Å². The molecule has 2 nitrogen and oxygen atoms in total. The number of benzene rings is 1. The van der Waals surface area contributed by atoms with Gasteiger partial charge in [0.25, 0.3) is 0 Å². The highest BCUT2D eigenvalue weighted by atomic mass is 16.3. The summed E-state index contributed by atoms with van der Waals surface area (Å²) < 4.78 is 0. The smallest absolute Gasteiger partial charge is 0.120 e. The van der Waals surface area contributed by atoms with Gasteiger partial charge in [0.05, 0.1) is 0 Å². The van der Waals surface area contributed by atoms with Gasteiger partial charge < -0.3 is 10.4 Å². The van der Waals surface area contributed by atoms with E-state index in [1.54, 1.807) is 0 Å². The second kappa shape index (κ2) is 4.88. The third-order valence-electron chi connectivity index (χ3n) is 3.34. The third kappa shape index (κ3) is 3.24. The maximum absolute atomic E-state index is 9.85. The van der Waals surface area contributed by atoms with E-state index < -0.39 is 0 Å². The first-order valence-electron chi connectivity index (χ1n) is 5.90. The van der Waals surface area contributed by atoms with E-state index in [2.05, 4.69) is 39.1 Å². The van der Waals surface area contributed by atoms with Crippen molar-refractivity contribution in [1.29, 1.82) is 0 Å². The van der Waals surface area contributed by atoms with Crippen molar-refractivity contribution in [1.82, 2.24) is 5.32 Å². The molecule has 0 fully saturated rings. The number of aryl methyl sites for hydroxylation is 2. The fraction of sp³-hybridized carbons (Fsp3) is 0.571. The van der Waals surface area contributed by atoms with Gasteiger partial charge in [-0.05, 0) is 51.3 Å². The molecule has 2 N–H and O–H groups in total. The minimum Gasteiger partial charge on any atom is -0.508 e. The second-order valence-corrected chi connectivity index (χ2v) is 5.16. The zero-order chi connectivity index (χ0) is 12.3. The second-order valence-electron chi connectivity index (χ2n) is 5.16. The Morgan fingerprint density at radius 1 is 1.19 bits per heavy atom. The number of hydrogen-bond acceptors (Lipinski definition) is 2. The van der Waals surface area contributed by atoms with Gasteiger partial charge >= 0.3 is 0 Å². The molecule has 0 unspecified atom stereocenters. The number of hydrogen-bond donors (Lipinski definition) is 2. The topological polar surface area (TPSA) is 32.3 Å². The van der Waals surface area contributed by atoms with E-state index in [1.165, 1.54) is 5.56 Å². The lowest BCUT2D eigenvalue weighted by atomic mass is 10.0. The van der Waals surface area contributed by atoms with Gasteiger partial charge in [-0.1, -0.05) is 13.0 Å². The SMILES string of the molecule is CCC(C)(C)NCc1cc(C)c(C)cc1O. The van der Waals surface area contributed by atoms with Crippen LogP contribution in [0.1, 0.15) is 43.9 Å². The third-order valence-corrected chi connectivity index (χ3v) is 3.34. The van der Waals surface area contributed by atoms with Crippen LogP contribution in [0, 0.1) is 13.8 Å². The largest absolute Gasteiger partial charge is 0.508 e. The molecule has 0 spiro atoms. The van der Waals surface area contributed by atoms with Crippen LogP contribution in [0.25, 0.3) is 0 Å². The average molecular weight is 221 g/mol. The number of phenolic OH excluding ortho intramolecular Hbond substituents is 1. The van der Waals surface area contributed by atoms with Gasteiger partial charge in [0, 0.05) is 17.6 Å². The van der Waals surface area contributed by atoms with Crippen LogP contribution in [0.4, 0.5) is 0 Å². The van der Waals surface area contributed by atoms with Crippen molar-refractivity contribution in [2.45, 2.75) is 53.1 Å². The molecule has 0 saturated carbocycles. The lowest BCUT2D eigenvalue weighted by Gasteiger charge is -2.25. The molecule has 1 aromatic carbocycles. The first kappa shape index (κ1) is 13.0. The van der Waals surface area contributed by atoms with E-state index in [-0.39, 0.29) is 5.54 Å². The van der Waals surface area contributed by atoms with E-state index in [9.17, 15) is 5.11 Å². The van der Waals surface area contributed by atoms with Crippen LogP contribution in [-0.4, -0.2) is 10.6 Å². The summed E-state index contributed by atoms with van der Waals surface area (Å²) >= 11 is 0. The summed E-state index contributed by atoms with van der Waals surface area (Å²) in [5, 5.41) is 13.3. The first-order chi connectivity index (χ1) is 7.35. The molecule has 0 radical (unpaired) electrons. The number of aromatic hydroxyl groups is 1. The molecule has 1 aromatic rings. The Kier molecular flexibility index (Phi) is 3.98. The number of phenols is 1. The highest BCUT2D eigenvalue weighted by molar-refractivity contribution is 5.40. The predicted molar refractivity (Wildman–Crippen MR) is 68.8 cm³/mol. The van der Waals surface area contributed by atoms with Gasteiger partial charge in [-0.15, -0.1) is 0 Å². The Morgan fingerprint density at radius 2 is 1.75 bits per heavy atom. The van der Waals surface area contributed by atoms with Crippen LogP contribution in [0.5, 0.6) is 5.75 Å². The minimum absolute atomic E-state index is 0.116. The molecule has 0 bridgehead atoms. The number of nitrogens with one attached hydrogen (secondary N) is 1. The van der Waals surface area contributed by atoms with Gasteiger partial charge in [0.15, 0.2) is 0 Å². The molecule has 0 aliphatic heterocycles. The highest BCUT2D eigenvalue weighted by Crippen LogP contribution is 2.22. The Labute approximate surface area is 98.7 Å². The van der Waals surface area contributed by atoms with Crippen LogP contribution in [0.15, 0.2) is 12.1 Å². The summed E-state index contributed by atoms with van der Waals surface area (Å²) in [6, 6.07) is 3.90. The predicted octanol–water partition coefficient (Wildman–Crippen LogP) is 3.29. The molecular weight excluding hydrogens is 198 g/mol.